The maximum atomic E-state index is 13.1. The summed E-state index contributed by atoms with van der Waals surface area (Å²) in [7, 11) is 3.95. The highest BCUT2D eigenvalue weighted by Crippen LogP contribution is 2.35. The van der Waals surface area contributed by atoms with Crippen molar-refractivity contribution in [2.75, 3.05) is 19.4 Å². The first kappa shape index (κ1) is 20.1. The zero-order valence-electron chi connectivity index (χ0n) is 16.7. The van der Waals surface area contributed by atoms with Crippen molar-refractivity contribution < 1.29 is 9.59 Å². The van der Waals surface area contributed by atoms with E-state index in [1.165, 1.54) is 5.56 Å². The maximum Gasteiger partial charge on any atom is 0.248 e. The van der Waals surface area contributed by atoms with Crippen LogP contribution >= 0.6 is 0 Å². The Balaban J connectivity index is 1.77. The molecule has 0 aliphatic heterocycles. The maximum absolute atomic E-state index is 13.1. The summed E-state index contributed by atoms with van der Waals surface area (Å²) in [4.78, 5) is 26.7. The van der Waals surface area contributed by atoms with Gasteiger partial charge >= 0.3 is 0 Å². The second-order valence-electron chi connectivity index (χ2n) is 7.95. The molecule has 5 heteroatoms. The molecule has 148 valence electrons. The van der Waals surface area contributed by atoms with Crippen LogP contribution in [-0.4, -0.2) is 30.8 Å². The predicted molar refractivity (Wildman–Crippen MR) is 112 cm³/mol. The molecule has 0 radical (unpaired) electrons. The quantitative estimate of drug-likeness (QED) is 0.774. The Labute approximate surface area is 166 Å². The average molecular weight is 380 g/mol. The number of nitrogens with two attached hydrogens (primary N) is 1. The van der Waals surface area contributed by atoms with Crippen LogP contribution in [0.2, 0.25) is 0 Å². The first-order valence-corrected chi connectivity index (χ1v) is 9.86. The van der Waals surface area contributed by atoms with Crippen LogP contribution < -0.4 is 11.1 Å². The Kier molecular flexibility index (Phi) is 6.47. The second kappa shape index (κ2) is 9.02. The van der Waals surface area contributed by atoms with Crippen molar-refractivity contribution in [3.8, 4) is 0 Å². The summed E-state index contributed by atoms with van der Waals surface area (Å²) >= 11 is 0. The number of primary amides is 1. The van der Waals surface area contributed by atoms with Gasteiger partial charge in [-0.3, -0.25) is 9.59 Å². The normalized spacial score (nSPS) is 19.0. The van der Waals surface area contributed by atoms with E-state index in [0.29, 0.717) is 23.7 Å². The van der Waals surface area contributed by atoms with Crippen LogP contribution in [0, 0.1) is 11.8 Å². The minimum Gasteiger partial charge on any atom is -0.366 e. The summed E-state index contributed by atoms with van der Waals surface area (Å²) in [6.07, 6.45) is 3.97. The zero-order chi connectivity index (χ0) is 20.1. The molecular weight excluding hydrogens is 350 g/mol. The molecule has 1 aliphatic carbocycles. The number of hydrogen-bond acceptors (Lipinski definition) is 3. The second-order valence-corrected chi connectivity index (χ2v) is 7.95. The number of anilines is 1. The van der Waals surface area contributed by atoms with Gasteiger partial charge in [0.1, 0.15) is 0 Å². The molecule has 2 unspecified atom stereocenters. The highest BCUT2D eigenvalue weighted by molar-refractivity contribution is 5.97. The number of rotatable bonds is 7. The van der Waals surface area contributed by atoms with Gasteiger partial charge < -0.3 is 16.0 Å². The van der Waals surface area contributed by atoms with E-state index in [2.05, 4.69) is 17.4 Å². The van der Waals surface area contributed by atoms with E-state index in [1.807, 2.05) is 43.3 Å². The average Bonchev–Trinajstić information content (AvgIpc) is 3.11. The topological polar surface area (TPSA) is 75.4 Å². The van der Waals surface area contributed by atoms with Gasteiger partial charge in [0.25, 0.3) is 0 Å². The summed E-state index contributed by atoms with van der Waals surface area (Å²) in [5, 5.41) is 3.10. The van der Waals surface area contributed by atoms with Gasteiger partial charge in [-0.25, -0.2) is 0 Å². The molecule has 2 atom stereocenters. The fourth-order valence-corrected chi connectivity index (χ4v) is 4.09. The zero-order valence-corrected chi connectivity index (χ0v) is 16.7. The van der Waals surface area contributed by atoms with E-state index < -0.39 is 5.91 Å². The van der Waals surface area contributed by atoms with Crippen molar-refractivity contribution in [3.05, 3.63) is 65.2 Å². The number of amides is 2. The third-order valence-electron chi connectivity index (χ3n) is 5.48. The van der Waals surface area contributed by atoms with Crippen LogP contribution in [0.1, 0.15) is 40.7 Å². The molecule has 0 heterocycles. The molecule has 0 aromatic heterocycles. The number of benzene rings is 2. The molecule has 5 nitrogen and oxygen atoms in total. The Hall–Kier alpha value is -2.66. The first-order valence-electron chi connectivity index (χ1n) is 9.86. The van der Waals surface area contributed by atoms with Gasteiger partial charge in [0.05, 0.1) is 0 Å². The Morgan fingerprint density at radius 2 is 1.86 bits per heavy atom. The lowest BCUT2D eigenvalue weighted by atomic mass is 9.89. The molecule has 3 rings (SSSR count). The molecule has 3 N–H and O–H groups in total. The third-order valence-corrected chi connectivity index (χ3v) is 5.48. The van der Waals surface area contributed by atoms with E-state index in [9.17, 15) is 9.59 Å². The number of carbonyl (C=O) groups excluding carboxylic acids is 2. The summed E-state index contributed by atoms with van der Waals surface area (Å²) in [5.41, 5.74) is 8.77. The van der Waals surface area contributed by atoms with E-state index in [4.69, 9.17) is 5.73 Å². The molecule has 0 saturated heterocycles. The van der Waals surface area contributed by atoms with Crippen molar-refractivity contribution in [3.63, 3.8) is 0 Å². The van der Waals surface area contributed by atoms with E-state index in [-0.39, 0.29) is 11.8 Å². The summed E-state index contributed by atoms with van der Waals surface area (Å²) in [5.74, 6) is -0.113. The highest BCUT2D eigenvalue weighted by atomic mass is 16.2. The van der Waals surface area contributed by atoms with Crippen LogP contribution in [0.15, 0.2) is 48.5 Å². The predicted octanol–water partition coefficient (Wildman–Crippen LogP) is 3.44. The Bertz CT molecular complexity index is 833. The SMILES string of the molecule is CN(C)Cc1ccc(C(N)=O)cc1NC(=O)C1CCCC1Cc1ccccc1. The van der Waals surface area contributed by atoms with Gasteiger partial charge in [0.15, 0.2) is 0 Å². The minimum absolute atomic E-state index is 0.00959. The Morgan fingerprint density at radius 1 is 1.11 bits per heavy atom. The van der Waals surface area contributed by atoms with Crippen LogP contribution in [0.25, 0.3) is 0 Å². The largest absolute Gasteiger partial charge is 0.366 e. The molecule has 2 amide bonds. The molecule has 0 bridgehead atoms. The lowest BCUT2D eigenvalue weighted by Gasteiger charge is -2.21. The van der Waals surface area contributed by atoms with Gasteiger partial charge in [0.2, 0.25) is 11.8 Å². The van der Waals surface area contributed by atoms with Gasteiger partial charge in [-0.05, 0) is 62.5 Å². The van der Waals surface area contributed by atoms with Crippen molar-refractivity contribution in [2.24, 2.45) is 17.6 Å². The van der Waals surface area contributed by atoms with Crippen molar-refractivity contribution in [2.45, 2.75) is 32.2 Å². The molecule has 1 fully saturated rings. The fourth-order valence-electron chi connectivity index (χ4n) is 4.09. The third kappa shape index (κ3) is 4.98. The summed E-state index contributed by atoms with van der Waals surface area (Å²) in [6, 6.07) is 15.6. The Morgan fingerprint density at radius 3 is 2.54 bits per heavy atom. The smallest absolute Gasteiger partial charge is 0.248 e. The van der Waals surface area contributed by atoms with Crippen molar-refractivity contribution in [1.29, 1.82) is 0 Å². The number of nitrogens with zero attached hydrogens (tertiary/aromatic N) is 1. The number of hydrogen-bond donors (Lipinski definition) is 2. The van der Waals surface area contributed by atoms with E-state index in [0.717, 1.165) is 31.2 Å². The van der Waals surface area contributed by atoms with Crippen LogP contribution in [0.3, 0.4) is 0 Å². The first-order chi connectivity index (χ1) is 13.4. The standard InChI is InChI=1S/C23H29N3O2/c1-26(2)15-19-12-11-18(22(24)27)14-21(19)25-23(28)20-10-6-9-17(20)13-16-7-4-3-5-8-16/h3-5,7-8,11-12,14,17,20H,6,9-10,13,15H2,1-2H3,(H2,24,27)(H,25,28). The molecule has 2 aromatic carbocycles. The number of carbonyl (C=O) groups is 2. The monoisotopic (exact) mass is 379 g/mol. The fraction of sp³-hybridized carbons (Fsp3) is 0.391. The van der Waals surface area contributed by atoms with Crippen LogP contribution in [0.5, 0.6) is 0 Å². The lowest BCUT2D eigenvalue weighted by Crippen LogP contribution is -2.28. The highest BCUT2D eigenvalue weighted by Gasteiger charge is 2.33. The van der Waals surface area contributed by atoms with Crippen molar-refractivity contribution in [1.82, 2.24) is 4.90 Å². The molecule has 28 heavy (non-hydrogen) atoms. The minimum atomic E-state index is -0.491. The number of nitrogens with one attached hydrogen (secondary N) is 1. The molecule has 1 saturated carbocycles. The van der Waals surface area contributed by atoms with E-state index >= 15 is 0 Å². The lowest BCUT2D eigenvalue weighted by molar-refractivity contribution is -0.120. The van der Waals surface area contributed by atoms with Gasteiger partial charge in [-0.1, -0.05) is 42.8 Å². The molecule has 0 spiro atoms. The molecule has 1 aliphatic rings. The van der Waals surface area contributed by atoms with Gasteiger partial charge in [0, 0.05) is 23.7 Å². The van der Waals surface area contributed by atoms with Crippen LogP contribution in [-0.2, 0) is 17.8 Å². The van der Waals surface area contributed by atoms with Crippen molar-refractivity contribution >= 4 is 17.5 Å². The molecular formula is C23H29N3O2. The van der Waals surface area contributed by atoms with E-state index in [1.54, 1.807) is 12.1 Å². The summed E-state index contributed by atoms with van der Waals surface area (Å²) < 4.78 is 0. The summed E-state index contributed by atoms with van der Waals surface area (Å²) in [6.45, 7) is 0.673. The molecule has 2 aromatic rings. The van der Waals surface area contributed by atoms with Crippen LogP contribution in [0.4, 0.5) is 5.69 Å². The van der Waals surface area contributed by atoms with Gasteiger partial charge in [-0.2, -0.15) is 0 Å². The van der Waals surface area contributed by atoms with Gasteiger partial charge in [-0.15, -0.1) is 0 Å².